The van der Waals surface area contributed by atoms with Crippen LogP contribution in [0.2, 0.25) is 0 Å². The molecule has 21 nitrogen and oxygen atoms in total. The fourth-order valence-corrected chi connectivity index (χ4v) is 8.83. The second-order valence-corrected chi connectivity index (χ2v) is 19.7. The van der Waals surface area contributed by atoms with E-state index in [2.05, 4.69) is 0 Å². The van der Waals surface area contributed by atoms with E-state index in [1.54, 1.807) is 0 Å². The number of carbonyl (C=O) groups is 3. The SMILES string of the molecule is CCCC[C@H](CCC[C@H](O)[C@@H](O)CCCCCCCCCCCCCC[C@H](O)C(=O)O)OC1OC[C@H](O)[C@@H](O)[C@@H]1O[C@H]1OC[C@H](OC(C)=O)[C@@H](O)[C@@H]1OC1O[C@@H](COC(=O)CC(C)C)[C@H](O)[C@@H](O)[C@@H]1O. The van der Waals surface area contributed by atoms with Crippen LogP contribution in [0.1, 0.15) is 163 Å². The first-order valence-electron chi connectivity index (χ1n) is 25.9. The van der Waals surface area contributed by atoms with Crippen molar-refractivity contribution in [1.29, 1.82) is 0 Å². The maximum absolute atomic E-state index is 12.3. The van der Waals surface area contributed by atoms with Crippen molar-refractivity contribution in [2.45, 2.75) is 267 Å². The maximum Gasteiger partial charge on any atom is 0.332 e. The molecule has 0 amide bonds. The second kappa shape index (κ2) is 33.6. The van der Waals surface area contributed by atoms with Crippen LogP contribution < -0.4 is 0 Å². The Morgan fingerprint density at radius 2 is 1.13 bits per heavy atom. The van der Waals surface area contributed by atoms with Crippen molar-refractivity contribution in [3.8, 4) is 0 Å². The summed E-state index contributed by atoms with van der Waals surface area (Å²) in [6, 6.07) is 0. The van der Waals surface area contributed by atoms with Crippen LogP contribution in [-0.4, -0.2) is 193 Å². The Labute approximate surface area is 413 Å². The van der Waals surface area contributed by atoms with E-state index in [1.165, 1.54) is 0 Å². The summed E-state index contributed by atoms with van der Waals surface area (Å²) in [5.74, 6) is -2.54. The summed E-state index contributed by atoms with van der Waals surface area (Å²) in [5.41, 5.74) is 0. The first kappa shape index (κ1) is 62.1. The third kappa shape index (κ3) is 22.1. The molecular formula is C49H88O21. The Morgan fingerprint density at radius 1 is 0.600 bits per heavy atom. The van der Waals surface area contributed by atoms with Crippen molar-refractivity contribution in [3.63, 3.8) is 0 Å². The highest BCUT2D eigenvalue weighted by molar-refractivity contribution is 5.71. The largest absolute Gasteiger partial charge is 0.479 e. The lowest BCUT2D eigenvalue weighted by Gasteiger charge is -2.46. The van der Waals surface area contributed by atoms with Gasteiger partial charge in [-0.05, 0) is 44.4 Å². The molecule has 0 aromatic heterocycles. The Kier molecular flexibility index (Phi) is 29.8. The van der Waals surface area contributed by atoms with Gasteiger partial charge >= 0.3 is 17.9 Å². The van der Waals surface area contributed by atoms with Crippen LogP contribution in [0.5, 0.6) is 0 Å². The molecule has 2 unspecified atom stereocenters. The minimum atomic E-state index is -1.91. The van der Waals surface area contributed by atoms with E-state index in [4.69, 9.17) is 43.0 Å². The Balaban J connectivity index is 1.53. The maximum atomic E-state index is 12.3. The molecule has 0 saturated carbocycles. The van der Waals surface area contributed by atoms with E-state index in [1.807, 2.05) is 20.8 Å². The minimum absolute atomic E-state index is 0.0270. The Bertz CT molecular complexity index is 1440. The van der Waals surface area contributed by atoms with Crippen molar-refractivity contribution in [3.05, 3.63) is 0 Å². The summed E-state index contributed by atoms with van der Waals surface area (Å²) in [7, 11) is 0. The molecule has 0 aromatic carbocycles. The van der Waals surface area contributed by atoms with E-state index >= 15 is 0 Å². The fourth-order valence-electron chi connectivity index (χ4n) is 8.83. The summed E-state index contributed by atoms with van der Waals surface area (Å²) in [5, 5.41) is 105. The highest BCUT2D eigenvalue weighted by atomic mass is 16.8. The van der Waals surface area contributed by atoms with Crippen LogP contribution >= 0.6 is 0 Å². The van der Waals surface area contributed by atoms with Gasteiger partial charge in [0.1, 0.15) is 61.5 Å². The van der Waals surface area contributed by atoms with Gasteiger partial charge in [0.25, 0.3) is 0 Å². The highest BCUT2D eigenvalue weighted by Gasteiger charge is 2.52. The molecule has 3 aliphatic heterocycles. The number of carboxylic acids is 1. The molecule has 70 heavy (non-hydrogen) atoms. The van der Waals surface area contributed by atoms with Gasteiger partial charge in [-0.1, -0.05) is 111 Å². The van der Waals surface area contributed by atoms with Crippen LogP contribution in [0.25, 0.3) is 0 Å². The lowest BCUT2D eigenvalue weighted by atomic mass is 9.98. The first-order chi connectivity index (χ1) is 33.3. The molecule has 10 N–H and O–H groups in total. The van der Waals surface area contributed by atoms with Crippen molar-refractivity contribution < 1.29 is 103 Å². The zero-order valence-electron chi connectivity index (χ0n) is 41.8. The van der Waals surface area contributed by atoms with Gasteiger partial charge in [0, 0.05) is 13.3 Å². The number of aliphatic hydroxyl groups excluding tert-OH is 9. The number of hydrogen-bond donors (Lipinski definition) is 10. The van der Waals surface area contributed by atoms with Gasteiger partial charge in [-0.2, -0.15) is 0 Å². The molecule has 3 saturated heterocycles. The highest BCUT2D eigenvalue weighted by Crippen LogP contribution is 2.33. The van der Waals surface area contributed by atoms with E-state index in [0.717, 1.165) is 96.8 Å². The van der Waals surface area contributed by atoms with Crippen molar-refractivity contribution in [1.82, 2.24) is 0 Å². The van der Waals surface area contributed by atoms with Gasteiger partial charge < -0.3 is 89.0 Å². The lowest BCUT2D eigenvalue weighted by Crippen LogP contribution is -2.65. The topological polar surface area (TPSA) is 327 Å². The van der Waals surface area contributed by atoms with E-state index < -0.39 is 135 Å². The molecule has 3 rings (SSSR count). The van der Waals surface area contributed by atoms with Crippen molar-refractivity contribution in [2.24, 2.45) is 5.92 Å². The van der Waals surface area contributed by atoms with Gasteiger partial charge in [0.05, 0.1) is 31.5 Å². The molecule has 410 valence electrons. The third-order valence-corrected chi connectivity index (χ3v) is 13.1. The summed E-state index contributed by atoms with van der Waals surface area (Å²) in [6.45, 7) is 5.49. The van der Waals surface area contributed by atoms with Crippen LogP contribution in [0.4, 0.5) is 0 Å². The van der Waals surface area contributed by atoms with E-state index in [-0.39, 0.29) is 18.9 Å². The Morgan fingerprint density at radius 3 is 1.70 bits per heavy atom. The number of ether oxygens (including phenoxy) is 8. The van der Waals surface area contributed by atoms with Crippen LogP contribution in [0.15, 0.2) is 0 Å². The number of unbranched alkanes of at least 4 members (excludes halogenated alkanes) is 12. The van der Waals surface area contributed by atoms with Gasteiger partial charge in [-0.25, -0.2) is 4.79 Å². The number of hydrogen-bond acceptors (Lipinski definition) is 20. The van der Waals surface area contributed by atoms with E-state index in [0.29, 0.717) is 38.5 Å². The molecule has 17 atom stereocenters. The monoisotopic (exact) mass is 1010 g/mol. The number of esters is 2. The molecule has 0 bridgehead atoms. The smallest absolute Gasteiger partial charge is 0.332 e. The van der Waals surface area contributed by atoms with Gasteiger partial charge in [0.2, 0.25) is 0 Å². The number of aliphatic hydroxyl groups is 9. The average molecular weight is 1010 g/mol. The van der Waals surface area contributed by atoms with Gasteiger partial charge in [-0.3, -0.25) is 9.59 Å². The molecule has 0 aromatic rings. The standard InChI is InChI=1S/C49H88O21/c1-5-6-20-31(21-19-24-33(52)32(51)22-17-15-13-11-9-7-8-10-12-14-16-18-23-34(53)46(61)62)67-48-44(39(56)35(54)26-64-48)70-49-45(41(58)37(28-65-49)66-30(4)50)69-47-43(60)42(59)40(57)36(68-47)27-63-38(55)25-29(2)3/h29,31-37,39-45,47-49,51-54,56-60H,5-28H2,1-4H3,(H,61,62)/t31-,32+,33+,34+,35+,36+,37+,39-,40+,41-,42-,43+,44+,45+,47?,48?,49-/m1/s1. The lowest BCUT2D eigenvalue weighted by molar-refractivity contribution is -0.380. The molecule has 21 heteroatoms. The van der Waals surface area contributed by atoms with Gasteiger partial charge in [0.15, 0.2) is 31.1 Å². The van der Waals surface area contributed by atoms with Crippen LogP contribution in [-0.2, 0) is 52.3 Å². The number of aliphatic carboxylic acids is 1. The number of carbonyl (C=O) groups excluding carboxylic acids is 2. The summed E-state index contributed by atoms with van der Waals surface area (Å²) in [6.07, 6.45) is -7.89. The predicted octanol–water partition coefficient (Wildman–Crippen LogP) is 2.26. The summed E-state index contributed by atoms with van der Waals surface area (Å²) >= 11 is 0. The number of carboxylic acid groups (broad SMARTS) is 1. The van der Waals surface area contributed by atoms with E-state index in [9.17, 15) is 60.3 Å². The average Bonchev–Trinajstić information content (AvgIpc) is 3.31. The number of rotatable bonds is 35. The molecule has 0 spiro atoms. The summed E-state index contributed by atoms with van der Waals surface area (Å²) in [4.78, 5) is 34.9. The molecule has 0 radical (unpaired) electrons. The summed E-state index contributed by atoms with van der Waals surface area (Å²) < 4.78 is 46.6. The fraction of sp³-hybridized carbons (Fsp3) is 0.939. The quantitative estimate of drug-likeness (QED) is 0.0321. The van der Waals surface area contributed by atoms with Crippen molar-refractivity contribution >= 4 is 17.9 Å². The molecule has 3 aliphatic rings. The molecule has 3 fully saturated rings. The molecule has 3 heterocycles. The minimum Gasteiger partial charge on any atom is -0.479 e. The third-order valence-electron chi connectivity index (χ3n) is 13.1. The first-order valence-corrected chi connectivity index (χ1v) is 25.9. The predicted molar refractivity (Wildman–Crippen MR) is 248 cm³/mol. The van der Waals surface area contributed by atoms with Crippen LogP contribution in [0, 0.1) is 5.92 Å². The zero-order chi connectivity index (χ0) is 51.8. The van der Waals surface area contributed by atoms with Crippen LogP contribution in [0.3, 0.4) is 0 Å². The normalized spacial score (nSPS) is 31.2. The molecular weight excluding hydrogens is 925 g/mol. The van der Waals surface area contributed by atoms with Gasteiger partial charge in [-0.15, -0.1) is 0 Å². The van der Waals surface area contributed by atoms with Crippen molar-refractivity contribution in [2.75, 3.05) is 19.8 Å². The molecule has 0 aliphatic carbocycles. The Hall–Kier alpha value is -2.19. The second-order valence-electron chi connectivity index (χ2n) is 19.7. The zero-order valence-corrected chi connectivity index (χ0v) is 41.8.